The largest absolute Gasteiger partial charge is 0.325 e. The van der Waals surface area contributed by atoms with Crippen LogP contribution in [0.5, 0.6) is 0 Å². The molecule has 0 bridgehead atoms. The number of anilines is 1. The Morgan fingerprint density at radius 1 is 1.00 bits per heavy atom. The summed E-state index contributed by atoms with van der Waals surface area (Å²) in [5.41, 5.74) is 8.53. The summed E-state index contributed by atoms with van der Waals surface area (Å²) >= 11 is 0. The van der Waals surface area contributed by atoms with Crippen LogP contribution in [-0.2, 0) is 4.79 Å². The quantitative estimate of drug-likeness (QED) is 0.866. The molecule has 3 nitrogen and oxygen atoms in total. The predicted molar refractivity (Wildman–Crippen MR) is 74.2 cm³/mol. The Balaban J connectivity index is 2.13. The number of hydrogen-bond donors (Lipinski definition) is 2. The summed E-state index contributed by atoms with van der Waals surface area (Å²) in [5.74, 6) is -0.178. The Labute approximate surface area is 107 Å². The van der Waals surface area contributed by atoms with E-state index in [1.807, 2.05) is 42.5 Å². The molecule has 0 aromatic heterocycles. The van der Waals surface area contributed by atoms with E-state index in [0.717, 1.165) is 16.8 Å². The molecule has 18 heavy (non-hydrogen) atoms. The van der Waals surface area contributed by atoms with E-state index in [1.165, 1.54) is 0 Å². The van der Waals surface area contributed by atoms with E-state index in [2.05, 4.69) is 17.4 Å². The molecule has 2 rings (SSSR count). The molecule has 0 aliphatic heterocycles. The zero-order valence-corrected chi connectivity index (χ0v) is 10.3. The molecule has 0 unspecified atom stereocenters. The van der Waals surface area contributed by atoms with Gasteiger partial charge in [0.05, 0.1) is 6.04 Å². The van der Waals surface area contributed by atoms with Gasteiger partial charge in [0.1, 0.15) is 0 Å². The van der Waals surface area contributed by atoms with Crippen LogP contribution in [0.15, 0.2) is 54.6 Å². The monoisotopic (exact) mass is 240 g/mol. The maximum atomic E-state index is 11.4. The van der Waals surface area contributed by atoms with Gasteiger partial charge in [-0.25, -0.2) is 0 Å². The minimum Gasteiger partial charge on any atom is -0.325 e. The molecule has 0 aliphatic carbocycles. The number of rotatable bonds is 3. The molecule has 0 radical (unpaired) electrons. The zero-order chi connectivity index (χ0) is 13.0. The smallest absolute Gasteiger partial charge is 0.240 e. The van der Waals surface area contributed by atoms with Gasteiger partial charge in [0.25, 0.3) is 0 Å². The van der Waals surface area contributed by atoms with E-state index in [9.17, 15) is 4.79 Å². The second-order valence-electron chi connectivity index (χ2n) is 4.22. The lowest BCUT2D eigenvalue weighted by atomic mass is 10.1. The molecule has 1 amide bonds. The average molecular weight is 240 g/mol. The van der Waals surface area contributed by atoms with Crippen LogP contribution >= 0.6 is 0 Å². The maximum Gasteiger partial charge on any atom is 0.240 e. The summed E-state index contributed by atoms with van der Waals surface area (Å²) in [6.07, 6.45) is 0. The lowest BCUT2D eigenvalue weighted by molar-refractivity contribution is -0.117. The van der Waals surface area contributed by atoms with Crippen LogP contribution < -0.4 is 11.1 Å². The first kappa shape index (κ1) is 12.3. The summed E-state index contributed by atoms with van der Waals surface area (Å²) < 4.78 is 0. The van der Waals surface area contributed by atoms with Crippen LogP contribution in [0.3, 0.4) is 0 Å². The Morgan fingerprint density at radius 2 is 1.56 bits per heavy atom. The summed E-state index contributed by atoms with van der Waals surface area (Å²) in [4.78, 5) is 11.4. The number of amides is 1. The maximum absolute atomic E-state index is 11.4. The van der Waals surface area contributed by atoms with Crippen molar-refractivity contribution in [1.82, 2.24) is 0 Å². The van der Waals surface area contributed by atoms with Crippen molar-refractivity contribution in [3.05, 3.63) is 54.6 Å². The van der Waals surface area contributed by atoms with Gasteiger partial charge in [-0.3, -0.25) is 4.79 Å². The van der Waals surface area contributed by atoms with Crippen LogP contribution in [-0.4, -0.2) is 11.9 Å². The van der Waals surface area contributed by atoms with Crippen LogP contribution in [0.25, 0.3) is 11.1 Å². The topological polar surface area (TPSA) is 55.1 Å². The fourth-order valence-corrected chi connectivity index (χ4v) is 1.63. The van der Waals surface area contributed by atoms with Gasteiger partial charge in [0.15, 0.2) is 0 Å². The molecule has 3 N–H and O–H groups in total. The standard InChI is InChI=1S/C15H16N2O/c1-11(16)15(18)17-14-9-7-13(8-10-14)12-5-3-2-4-6-12/h2-11H,16H2,1H3,(H,17,18)/t11-/m1/s1. The predicted octanol–water partition coefficient (Wildman–Crippen LogP) is 2.64. The Morgan fingerprint density at radius 3 is 2.11 bits per heavy atom. The van der Waals surface area contributed by atoms with Gasteiger partial charge in [-0.05, 0) is 30.2 Å². The molecule has 0 aliphatic rings. The number of carbonyl (C=O) groups is 1. The van der Waals surface area contributed by atoms with Crippen LogP contribution in [0.1, 0.15) is 6.92 Å². The van der Waals surface area contributed by atoms with Gasteiger partial charge in [-0.1, -0.05) is 42.5 Å². The van der Waals surface area contributed by atoms with Crippen LogP contribution in [0, 0.1) is 0 Å². The number of nitrogens with one attached hydrogen (secondary N) is 1. The summed E-state index contributed by atoms with van der Waals surface area (Å²) in [7, 11) is 0. The summed E-state index contributed by atoms with van der Waals surface area (Å²) in [6, 6.07) is 17.3. The second kappa shape index (κ2) is 5.47. The molecule has 0 saturated carbocycles. The second-order valence-corrected chi connectivity index (χ2v) is 4.22. The lowest BCUT2D eigenvalue weighted by Crippen LogP contribution is -2.32. The fraction of sp³-hybridized carbons (Fsp3) is 0.133. The molecule has 2 aromatic rings. The van der Waals surface area contributed by atoms with E-state index in [-0.39, 0.29) is 5.91 Å². The zero-order valence-electron chi connectivity index (χ0n) is 10.3. The molecule has 0 spiro atoms. The van der Waals surface area contributed by atoms with Crippen molar-refractivity contribution in [1.29, 1.82) is 0 Å². The molecule has 0 saturated heterocycles. The molecule has 0 heterocycles. The van der Waals surface area contributed by atoms with Gasteiger partial charge in [-0.15, -0.1) is 0 Å². The van der Waals surface area contributed by atoms with E-state index >= 15 is 0 Å². The van der Waals surface area contributed by atoms with Gasteiger partial charge >= 0.3 is 0 Å². The molecule has 92 valence electrons. The normalized spacial score (nSPS) is 11.9. The third-order valence-corrected chi connectivity index (χ3v) is 2.67. The SMILES string of the molecule is C[C@@H](N)C(=O)Nc1ccc(-c2ccccc2)cc1. The van der Waals surface area contributed by atoms with E-state index in [0.29, 0.717) is 0 Å². The van der Waals surface area contributed by atoms with E-state index < -0.39 is 6.04 Å². The molecule has 2 aromatic carbocycles. The molecule has 0 fully saturated rings. The highest BCUT2D eigenvalue weighted by atomic mass is 16.2. The lowest BCUT2D eigenvalue weighted by Gasteiger charge is -2.08. The number of hydrogen-bond acceptors (Lipinski definition) is 2. The number of carbonyl (C=O) groups excluding carboxylic acids is 1. The highest BCUT2D eigenvalue weighted by Gasteiger charge is 2.07. The van der Waals surface area contributed by atoms with Crippen molar-refractivity contribution in [3.63, 3.8) is 0 Å². The highest BCUT2D eigenvalue weighted by Crippen LogP contribution is 2.20. The minimum atomic E-state index is -0.501. The van der Waals surface area contributed by atoms with Crippen LogP contribution in [0.2, 0.25) is 0 Å². The molecule has 1 atom stereocenters. The molecule has 3 heteroatoms. The third-order valence-electron chi connectivity index (χ3n) is 2.67. The Hall–Kier alpha value is -2.13. The van der Waals surface area contributed by atoms with E-state index in [4.69, 9.17) is 5.73 Å². The van der Waals surface area contributed by atoms with Gasteiger partial charge in [0.2, 0.25) is 5.91 Å². The highest BCUT2D eigenvalue weighted by molar-refractivity contribution is 5.94. The van der Waals surface area contributed by atoms with Crippen molar-refractivity contribution < 1.29 is 4.79 Å². The first-order valence-electron chi connectivity index (χ1n) is 5.89. The molecular weight excluding hydrogens is 224 g/mol. The van der Waals surface area contributed by atoms with Crippen molar-refractivity contribution >= 4 is 11.6 Å². The minimum absolute atomic E-state index is 0.178. The van der Waals surface area contributed by atoms with E-state index in [1.54, 1.807) is 6.92 Å². The fourth-order valence-electron chi connectivity index (χ4n) is 1.63. The molecular formula is C15H16N2O. The van der Waals surface area contributed by atoms with Crippen molar-refractivity contribution in [3.8, 4) is 11.1 Å². The average Bonchev–Trinajstić information content (AvgIpc) is 2.40. The summed E-state index contributed by atoms with van der Waals surface area (Å²) in [6.45, 7) is 1.66. The van der Waals surface area contributed by atoms with Crippen molar-refractivity contribution in [2.24, 2.45) is 5.73 Å². The number of benzene rings is 2. The van der Waals surface area contributed by atoms with Gasteiger partial charge in [0, 0.05) is 5.69 Å². The van der Waals surface area contributed by atoms with Crippen LogP contribution in [0.4, 0.5) is 5.69 Å². The Bertz CT molecular complexity index is 518. The van der Waals surface area contributed by atoms with Crippen molar-refractivity contribution in [2.45, 2.75) is 13.0 Å². The van der Waals surface area contributed by atoms with Gasteiger partial charge < -0.3 is 11.1 Å². The first-order valence-corrected chi connectivity index (χ1v) is 5.89. The Kier molecular flexibility index (Phi) is 3.75. The first-order chi connectivity index (χ1) is 8.66. The summed E-state index contributed by atoms with van der Waals surface area (Å²) in [5, 5.41) is 2.76. The third kappa shape index (κ3) is 2.96. The number of nitrogens with two attached hydrogens (primary N) is 1. The van der Waals surface area contributed by atoms with Gasteiger partial charge in [-0.2, -0.15) is 0 Å². The van der Waals surface area contributed by atoms with Crippen molar-refractivity contribution in [2.75, 3.05) is 5.32 Å².